The molecule has 1 aromatic heterocycles. The first-order valence-electron chi connectivity index (χ1n) is 10.0. The maximum Gasteiger partial charge on any atom is 0.248 e. The van der Waals surface area contributed by atoms with Crippen LogP contribution < -0.4 is 11.1 Å². The summed E-state index contributed by atoms with van der Waals surface area (Å²) in [6.45, 7) is 5.73. The average Bonchev–Trinajstić information content (AvgIpc) is 3.19. The fourth-order valence-electron chi connectivity index (χ4n) is 3.65. The van der Waals surface area contributed by atoms with Gasteiger partial charge in [0.15, 0.2) is 5.82 Å². The average molecular weight is 450 g/mol. The number of benzene rings is 2. The number of nitrogens with zero attached hydrogens (tertiary/aromatic N) is 3. The van der Waals surface area contributed by atoms with E-state index in [4.69, 9.17) is 17.3 Å². The van der Waals surface area contributed by atoms with Gasteiger partial charge in [-0.15, -0.1) is 0 Å². The number of halogens is 2. The van der Waals surface area contributed by atoms with Crippen LogP contribution in [0.4, 0.5) is 15.9 Å². The van der Waals surface area contributed by atoms with Crippen LogP contribution in [0.25, 0.3) is 16.5 Å². The molecule has 32 heavy (non-hydrogen) atoms. The van der Waals surface area contributed by atoms with Gasteiger partial charge in [-0.3, -0.25) is 4.79 Å². The molecule has 1 aliphatic heterocycles. The van der Waals surface area contributed by atoms with Crippen molar-refractivity contribution in [2.75, 3.05) is 25.5 Å². The first kappa shape index (κ1) is 21.8. The van der Waals surface area contributed by atoms with E-state index in [-0.39, 0.29) is 22.2 Å². The van der Waals surface area contributed by atoms with Crippen molar-refractivity contribution in [1.29, 1.82) is 0 Å². The van der Waals surface area contributed by atoms with Crippen molar-refractivity contribution >= 4 is 45.5 Å². The van der Waals surface area contributed by atoms with Gasteiger partial charge in [0.05, 0.1) is 16.2 Å². The quantitative estimate of drug-likeness (QED) is 0.465. The third-order valence-corrected chi connectivity index (χ3v) is 5.70. The van der Waals surface area contributed by atoms with Gasteiger partial charge in [0, 0.05) is 34.5 Å². The van der Waals surface area contributed by atoms with E-state index in [0.29, 0.717) is 27.8 Å². The molecule has 2 aromatic carbocycles. The normalized spacial score (nSPS) is 15.9. The van der Waals surface area contributed by atoms with E-state index in [1.807, 2.05) is 0 Å². The Labute approximate surface area is 190 Å². The van der Waals surface area contributed by atoms with Crippen LogP contribution in [-0.4, -0.2) is 40.9 Å². The number of primary amides is 1. The lowest BCUT2D eigenvalue weighted by Gasteiger charge is -2.12. The summed E-state index contributed by atoms with van der Waals surface area (Å²) in [6.07, 6.45) is 2.36. The minimum atomic E-state index is -0.653. The van der Waals surface area contributed by atoms with Gasteiger partial charge in [0.2, 0.25) is 5.91 Å². The third-order valence-electron chi connectivity index (χ3n) is 5.40. The second-order valence-electron chi connectivity index (χ2n) is 7.72. The van der Waals surface area contributed by atoms with Crippen LogP contribution in [0.15, 0.2) is 43.2 Å². The standard InChI is InChI=1S/C24H21ClFN5O/c1-14(23(27)32)17-11-18-21(10-16(17)7-6-15-8-9-31(2)12-15)28-13-29-24(18)30-20-5-3-4-19(25)22(20)26/h3-5,10-11,13,15H,1,8-9,12H2,2H3,(H2,27,32)(H,28,29,30). The highest BCUT2D eigenvalue weighted by atomic mass is 35.5. The minimum Gasteiger partial charge on any atom is -0.366 e. The largest absolute Gasteiger partial charge is 0.366 e. The summed E-state index contributed by atoms with van der Waals surface area (Å²) < 4.78 is 14.4. The molecule has 4 rings (SSSR count). The van der Waals surface area contributed by atoms with Crippen LogP contribution in [0, 0.1) is 23.6 Å². The van der Waals surface area contributed by atoms with Crippen molar-refractivity contribution in [2.24, 2.45) is 11.7 Å². The van der Waals surface area contributed by atoms with E-state index in [1.165, 1.54) is 12.4 Å². The topological polar surface area (TPSA) is 84.1 Å². The highest BCUT2D eigenvalue weighted by Gasteiger charge is 2.18. The van der Waals surface area contributed by atoms with Gasteiger partial charge in [-0.2, -0.15) is 0 Å². The first-order valence-corrected chi connectivity index (χ1v) is 10.4. The number of carbonyl (C=O) groups is 1. The fourth-order valence-corrected chi connectivity index (χ4v) is 3.82. The molecule has 3 N–H and O–H groups in total. The Balaban J connectivity index is 1.81. The molecule has 1 unspecified atom stereocenters. The molecule has 1 saturated heterocycles. The molecule has 162 valence electrons. The van der Waals surface area contributed by atoms with Crippen molar-refractivity contribution in [3.63, 3.8) is 0 Å². The Morgan fingerprint density at radius 2 is 2.19 bits per heavy atom. The van der Waals surface area contributed by atoms with E-state index >= 15 is 0 Å². The Morgan fingerprint density at radius 3 is 2.91 bits per heavy atom. The molecule has 0 saturated carbocycles. The number of hydrogen-bond acceptors (Lipinski definition) is 5. The molecule has 1 fully saturated rings. The third kappa shape index (κ3) is 4.42. The summed E-state index contributed by atoms with van der Waals surface area (Å²) >= 11 is 5.89. The van der Waals surface area contributed by atoms with E-state index in [2.05, 4.69) is 45.7 Å². The van der Waals surface area contributed by atoms with Crippen molar-refractivity contribution in [2.45, 2.75) is 6.42 Å². The predicted molar refractivity (Wildman–Crippen MR) is 125 cm³/mol. The van der Waals surface area contributed by atoms with Crippen LogP contribution in [0.5, 0.6) is 0 Å². The zero-order valence-corrected chi connectivity index (χ0v) is 18.2. The smallest absolute Gasteiger partial charge is 0.248 e. The van der Waals surface area contributed by atoms with E-state index in [1.54, 1.807) is 24.3 Å². The number of amides is 1. The molecule has 0 spiro atoms. The number of hydrogen-bond donors (Lipinski definition) is 2. The van der Waals surface area contributed by atoms with E-state index < -0.39 is 11.7 Å². The SMILES string of the molecule is C=C(C(N)=O)c1cc2c(Nc3cccc(Cl)c3F)ncnc2cc1C#CC1CCN(C)C1. The highest BCUT2D eigenvalue weighted by molar-refractivity contribution is 6.31. The second kappa shape index (κ2) is 8.95. The summed E-state index contributed by atoms with van der Waals surface area (Å²) in [6, 6.07) is 8.12. The number of fused-ring (bicyclic) bond motifs is 1. The predicted octanol–water partition coefficient (Wildman–Crippen LogP) is 3.97. The van der Waals surface area contributed by atoms with Gasteiger partial charge in [0.25, 0.3) is 0 Å². The van der Waals surface area contributed by atoms with Crippen molar-refractivity contribution in [3.8, 4) is 11.8 Å². The van der Waals surface area contributed by atoms with Gasteiger partial charge in [-0.1, -0.05) is 36.1 Å². The van der Waals surface area contributed by atoms with Crippen molar-refractivity contribution in [1.82, 2.24) is 14.9 Å². The summed E-state index contributed by atoms with van der Waals surface area (Å²) in [7, 11) is 2.06. The number of nitrogens with one attached hydrogen (secondary N) is 1. The molecule has 3 aromatic rings. The lowest BCUT2D eigenvalue weighted by molar-refractivity contribution is -0.112. The summed E-state index contributed by atoms with van der Waals surface area (Å²) in [5, 5.41) is 3.51. The van der Waals surface area contributed by atoms with Crippen LogP contribution >= 0.6 is 11.6 Å². The van der Waals surface area contributed by atoms with Gasteiger partial charge < -0.3 is 16.0 Å². The zero-order valence-electron chi connectivity index (χ0n) is 17.5. The van der Waals surface area contributed by atoms with Gasteiger partial charge in [0.1, 0.15) is 12.1 Å². The minimum absolute atomic E-state index is 0.00808. The number of likely N-dealkylation sites (tertiary alicyclic amines) is 1. The molecule has 1 atom stereocenters. The van der Waals surface area contributed by atoms with Gasteiger partial charge in [-0.05, 0) is 44.3 Å². The summed E-state index contributed by atoms with van der Waals surface area (Å²) in [5.41, 5.74) is 7.49. The molecular weight excluding hydrogens is 429 g/mol. The zero-order chi connectivity index (χ0) is 22.8. The molecule has 1 amide bonds. The van der Waals surface area contributed by atoms with Gasteiger partial charge >= 0.3 is 0 Å². The van der Waals surface area contributed by atoms with E-state index in [9.17, 15) is 9.18 Å². The maximum atomic E-state index is 14.4. The molecule has 6 nitrogen and oxygen atoms in total. The molecule has 0 radical (unpaired) electrons. The Morgan fingerprint density at radius 1 is 1.38 bits per heavy atom. The number of aromatic nitrogens is 2. The van der Waals surface area contributed by atoms with Crippen LogP contribution in [0.2, 0.25) is 5.02 Å². The van der Waals surface area contributed by atoms with Crippen molar-refractivity contribution in [3.05, 3.63) is 65.2 Å². The van der Waals surface area contributed by atoms with Crippen LogP contribution in [0.1, 0.15) is 17.5 Å². The molecule has 0 aliphatic carbocycles. The maximum absolute atomic E-state index is 14.4. The van der Waals surface area contributed by atoms with E-state index in [0.717, 1.165) is 19.5 Å². The Hall–Kier alpha value is -3.47. The lowest BCUT2D eigenvalue weighted by Crippen LogP contribution is -2.13. The van der Waals surface area contributed by atoms with Gasteiger partial charge in [-0.25, -0.2) is 14.4 Å². The lowest BCUT2D eigenvalue weighted by atomic mass is 9.97. The Bertz CT molecular complexity index is 1300. The number of nitrogens with two attached hydrogens (primary N) is 1. The number of carbonyl (C=O) groups excluding carboxylic acids is 1. The molecule has 1 aliphatic rings. The van der Waals surface area contributed by atoms with Crippen LogP contribution in [0.3, 0.4) is 0 Å². The van der Waals surface area contributed by atoms with Crippen LogP contribution in [-0.2, 0) is 4.79 Å². The summed E-state index contributed by atoms with van der Waals surface area (Å²) in [4.78, 5) is 22.7. The fraction of sp³-hybridized carbons (Fsp3) is 0.208. The van der Waals surface area contributed by atoms with Crippen molar-refractivity contribution < 1.29 is 9.18 Å². The first-order chi connectivity index (χ1) is 15.3. The second-order valence-corrected chi connectivity index (χ2v) is 8.13. The molecule has 8 heteroatoms. The highest BCUT2D eigenvalue weighted by Crippen LogP contribution is 2.31. The molecular formula is C24H21ClFN5O. The monoisotopic (exact) mass is 449 g/mol. The number of anilines is 2. The Kier molecular flexibility index (Phi) is 6.08. The molecule has 2 heterocycles. The summed E-state index contributed by atoms with van der Waals surface area (Å²) in [5.74, 6) is 5.83. The number of rotatable bonds is 4. The molecule has 0 bridgehead atoms.